The number of methoxy groups -OCH3 is 1. The molecule has 0 amide bonds. The van der Waals surface area contributed by atoms with Gasteiger partial charge in [0.05, 0.1) is 7.11 Å². The second-order valence-electron chi connectivity index (χ2n) is 5.29. The van der Waals surface area contributed by atoms with Crippen LogP contribution >= 0.6 is 11.6 Å². The maximum absolute atomic E-state index is 6.11. The van der Waals surface area contributed by atoms with Gasteiger partial charge in [0.2, 0.25) is 0 Å². The molecule has 0 aliphatic carbocycles. The van der Waals surface area contributed by atoms with Gasteiger partial charge in [0, 0.05) is 18.5 Å². The Balaban J connectivity index is 1.88. The van der Waals surface area contributed by atoms with Gasteiger partial charge in [0.25, 0.3) is 0 Å². The van der Waals surface area contributed by atoms with Gasteiger partial charge in [-0.05, 0) is 43.5 Å². The largest absolute Gasteiger partial charge is 0.497 e. The van der Waals surface area contributed by atoms with E-state index in [1.807, 2.05) is 12.1 Å². The van der Waals surface area contributed by atoms with Gasteiger partial charge >= 0.3 is 0 Å². The quantitative estimate of drug-likeness (QED) is 0.763. The molecule has 0 spiro atoms. The van der Waals surface area contributed by atoms with Crippen LogP contribution in [-0.2, 0) is 6.42 Å². The topological polar surface area (TPSA) is 12.5 Å². The smallest absolute Gasteiger partial charge is 0.118 e. The van der Waals surface area contributed by atoms with Gasteiger partial charge in [-0.25, -0.2) is 0 Å². The molecular weight excluding hydrogens is 258 g/mol. The summed E-state index contributed by atoms with van der Waals surface area (Å²) >= 11 is 6.11. The molecule has 106 valence electrons. The molecule has 1 fully saturated rings. The predicted octanol–water partition coefficient (Wildman–Crippen LogP) is 3.72. The van der Waals surface area contributed by atoms with Crippen LogP contribution in [0.3, 0.4) is 0 Å². The van der Waals surface area contributed by atoms with E-state index >= 15 is 0 Å². The molecule has 0 bridgehead atoms. The fourth-order valence-corrected chi connectivity index (χ4v) is 3.12. The molecule has 1 aromatic rings. The van der Waals surface area contributed by atoms with Gasteiger partial charge < -0.3 is 4.74 Å². The molecule has 1 aliphatic heterocycles. The van der Waals surface area contributed by atoms with Crippen molar-refractivity contribution in [3.63, 3.8) is 0 Å². The SMILES string of the molecule is COc1ccc(CCN2CCCCCC2CCl)cc1. The summed E-state index contributed by atoms with van der Waals surface area (Å²) in [4.78, 5) is 2.57. The third-order valence-corrected chi connectivity index (χ3v) is 4.38. The average Bonchev–Trinajstić information content (AvgIpc) is 2.70. The van der Waals surface area contributed by atoms with E-state index in [-0.39, 0.29) is 0 Å². The highest BCUT2D eigenvalue weighted by molar-refractivity contribution is 6.18. The first-order chi connectivity index (χ1) is 9.33. The number of halogens is 1. The van der Waals surface area contributed by atoms with Crippen LogP contribution in [0, 0.1) is 0 Å². The van der Waals surface area contributed by atoms with E-state index in [4.69, 9.17) is 16.3 Å². The molecule has 1 aliphatic rings. The third-order valence-electron chi connectivity index (χ3n) is 4.02. The van der Waals surface area contributed by atoms with E-state index in [1.54, 1.807) is 7.11 Å². The second kappa shape index (κ2) is 7.76. The highest BCUT2D eigenvalue weighted by atomic mass is 35.5. The predicted molar refractivity (Wildman–Crippen MR) is 81.2 cm³/mol. The van der Waals surface area contributed by atoms with Crippen molar-refractivity contribution < 1.29 is 4.74 Å². The van der Waals surface area contributed by atoms with Crippen LogP contribution in [0.15, 0.2) is 24.3 Å². The van der Waals surface area contributed by atoms with Crippen LogP contribution in [0.25, 0.3) is 0 Å². The molecule has 0 saturated carbocycles. The van der Waals surface area contributed by atoms with Crippen LogP contribution in [0.5, 0.6) is 5.75 Å². The molecule has 2 rings (SSSR count). The average molecular weight is 282 g/mol. The Bertz CT molecular complexity index is 366. The molecule has 1 saturated heterocycles. The monoisotopic (exact) mass is 281 g/mol. The zero-order valence-electron chi connectivity index (χ0n) is 11.8. The van der Waals surface area contributed by atoms with Gasteiger partial charge in [-0.1, -0.05) is 25.0 Å². The van der Waals surface area contributed by atoms with Gasteiger partial charge in [-0.2, -0.15) is 0 Å². The minimum atomic E-state index is 0.572. The van der Waals surface area contributed by atoms with Crippen molar-refractivity contribution in [1.29, 1.82) is 0 Å². The van der Waals surface area contributed by atoms with Gasteiger partial charge in [-0.15, -0.1) is 11.6 Å². The van der Waals surface area contributed by atoms with Gasteiger partial charge in [0.1, 0.15) is 5.75 Å². The Labute approximate surface area is 121 Å². The van der Waals surface area contributed by atoms with Gasteiger partial charge in [-0.3, -0.25) is 4.90 Å². The summed E-state index contributed by atoms with van der Waals surface area (Å²) in [7, 11) is 1.71. The number of nitrogens with zero attached hydrogens (tertiary/aromatic N) is 1. The van der Waals surface area contributed by atoms with Crippen LogP contribution in [0.1, 0.15) is 31.2 Å². The van der Waals surface area contributed by atoms with Gasteiger partial charge in [0.15, 0.2) is 0 Å². The van der Waals surface area contributed by atoms with E-state index < -0.39 is 0 Å². The Hall–Kier alpha value is -0.730. The van der Waals surface area contributed by atoms with Crippen molar-refractivity contribution in [3.05, 3.63) is 29.8 Å². The Kier molecular flexibility index (Phi) is 5.99. The third kappa shape index (κ3) is 4.39. The van der Waals surface area contributed by atoms with Crippen molar-refractivity contribution in [2.75, 3.05) is 26.1 Å². The van der Waals surface area contributed by atoms with Crippen molar-refractivity contribution >= 4 is 11.6 Å². The molecule has 2 nitrogen and oxygen atoms in total. The summed E-state index contributed by atoms with van der Waals surface area (Å²) in [5, 5.41) is 0. The minimum Gasteiger partial charge on any atom is -0.497 e. The lowest BCUT2D eigenvalue weighted by molar-refractivity contribution is 0.219. The molecule has 0 aromatic heterocycles. The maximum Gasteiger partial charge on any atom is 0.118 e. The zero-order valence-corrected chi connectivity index (χ0v) is 12.5. The summed E-state index contributed by atoms with van der Waals surface area (Å²) in [6.07, 6.45) is 6.35. The van der Waals surface area contributed by atoms with Crippen molar-refractivity contribution in [2.24, 2.45) is 0 Å². The standard InChI is InChI=1S/C16H24ClNO/c1-19-16-8-6-14(7-9-16)10-12-18-11-4-2-3-5-15(18)13-17/h6-9,15H,2-5,10-13H2,1H3. The highest BCUT2D eigenvalue weighted by Gasteiger charge is 2.19. The second-order valence-corrected chi connectivity index (χ2v) is 5.60. The normalized spacial score (nSPS) is 21.1. The number of benzene rings is 1. The lowest BCUT2D eigenvalue weighted by atomic mass is 10.1. The number of likely N-dealkylation sites (tertiary alicyclic amines) is 1. The molecule has 3 heteroatoms. The molecule has 1 aromatic carbocycles. The summed E-state index contributed by atoms with van der Waals surface area (Å²) in [5.74, 6) is 1.69. The number of alkyl halides is 1. The van der Waals surface area contributed by atoms with Crippen LogP contribution in [0.2, 0.25) is 0 Å². The first kappa shape index (κ1) is 14.7. The van der Waals surface area contributed by atoms with E-state index in [2.05, 4.69) is 17.0 Å². The van der Waals surface area contributed by atoms with Crippen molar-refractivity contribution in [1.82, 2.24) is 4.90 Å². The number of rotatable bonds is 5. The Morgan fingerprint density at radius 1 is 1.21 bits per heavy atom. The first-order valence-electron chi connectivity index (χ1n) is 7.26. The number of hydrogen-bond acceptors (Lipinski definition) is 2. The molecule has 1 atom stereocenters. The Morgan fingerprint density at radius 3 is 2.68 bits per heavy atom. The zero-order chi connectivity index (χ0) is 13.5. The molecule has 1 heterocycles. The summed E-state index contributed by atoms with van der Waals surface area (Å²) in [6, 6.07) is 8.97. The molecule has 0 N–H and O–H groups in total. The Morgan fingerprint density at radius 2 is 2.00 bits per heavy atom. The highest BCUT2D eigenvalue weighted by Crippen LogP contribution is 2.19. The molecular formula is C16H24ClNO. The fraction of sp³-hybridized carbons (Fsp3) is 0.625. The van der Waals surface area contributed by atoms with Crippen molar-refractivity contribution in [3.8, 4) is 5.75 Å². The molecule has 1 unspecified atom stereocenters. The summed E-state index contributed by atoms with van der Waals surface area (Å²) in [5.41, 5.74) is 1.37. The lowest BCUT2D eigenvalue weighted by Gasteiger charge is -2.28. The van der Waals surface area contributed by atoms with E-state index in [0.29, 0.717) is 6.04 Å². The maximum atomic E-state index is 6.11. The first-order valence-corrected chi connectivity index (χ1v) is 7.80. The van der Waals surface area contributed by atoms with Crippen molar-refractivity contribution in [2.45, 2.75) is 38.1 Å². The van der Waals surface area contributed by atoms with E-state index in [9.17, 15) is 0 Å². The number of hydrogen-bond donors (Lipinski definition) is 0. The summed E-state index contributed by atoms with van der Waals surface area (Å²) in [6.45, 7) is 2.32. The lowest BCUT2D eigenvalue weighted by Crippen LogP contribution is -2.37. The van der Waals surface area contributed by atoms with Crippen LogP contribution < -0.4 is 4.74 Å². The van der Waals surface area contributed by atoms with Crippen LogP contribution in [-0.4, -0.2) is 37.0 Å². The summed E-state index contributed by atoms with van der Waals surface area (Å²) < 4.78 is 5.19. The molecule has 0 radical (unpaired) electrons. The number of ether oxygens (including phenoxy) is 1. The van der Waals surface area contributed by atoms with E-state index in [1.165, 1.54) is 37.8 Å². The van der Waals surface area contributed by atoms with E-state index in [0.717, 1.165) is 24.6 Å². The molecule has 19 heavy (non-hydrogen) atoms. The minimum absolute atomic E-state index is 0.572. The fourth-order valence-electron chi connectivity index (χ4n) is 2.77. The van der Waals surface area contributed by atoms with Crippen LogP contribution in [0.4, 0.5) is 0 Å².